The number of hydrogen-bond donors (Lipinski definition) is 1. The van der Waals surface area contributed by atoms with E-state index in [-0.39, 0.29) is 5.54 Å². The van der Waals surface area contributed by atoms with E-state index in [2.05, 4.69) is 11.8 Å². The molecular weight excluding hydrogens is 232 g/mol. The van der Waals surface area contributed by atoms with E-state index in [0.29, 0.717) is 12.5 Å². The van der Waals surface area contributed by atoms with Crippen LogP contribution in [0.5, 0.6) is 0 Å². The lowest BCUT2D eigenvalue weighted by Gasteiger charge is -2.49. The second-order valence-electron chi connectivity index (χ2n) is 5.01. The summed E-state index contributed by atoms with van der Waals surface area (Å²) in [5, 5.41) is 0. The van der Waals surface area contributed by atoms with Gasteiger partial charge in [-0.15, -0.1) is 0 Å². The summed E-state index contributed by atoms with van der Waals surface area (Å²) in [6, 6.07) is 0. The minimum Gasteiger partial charge on any atom is -0.383 e. The zero-order chi connectivity index (χ0) is 13.4. The smallest absolute Gasteiger partial charge is 0.0589 e. The van der Waals surface area contributed by atoms with Crippen LogP contribution in [-0.2, 0) is 14.2 Å². The monoisotopic (exact) mass is 260 g/mol. The van der Waals surface area contributed by atoms with Gasteiger partial charge in [0.25, 0.3) is 0 Å². The third kappa shape index (κ3) is 3.65. The quantitative estimate of drug-likeness (QED) is 0.682. The van der Waals surface area contributed by atoms with Gasteiger partial charge in [-0.1, -0.05) is 6.92 Å². The van der Waals surface area contributed by atoms with Crippen LogP contribution >= 0.6 is 0 Å². The third-order valence-corrected chi connectivity index (χ3v) is 4.08. The second-order valence-corrected chi connectivity index (χ2v) is 5.01. The fourth-order valence-corrected chi connectivity index (χ4v) is 2.77. The van der Waals surface area contributed by atoms with Crippen molar-refractivity contribution >= 4 is 0 Å². The van der Waals surface area contributed by atoms with E-state index >= 15 is 0 Å². The Labute approximate surface area is 111 Å². The molecule has 18 heavy (non-hydrogen) atoms. The second kappa shape index (κ2) is 8.07. The van der Waals surface area contributed by atoms with Crippen LogP contribution in [0.2, 0.25) is 0 Å². The first-order valence-corrected chi connectivity index (χ1v) is 6.72. The maximum absolute atomic E-state index is 6.09. The highest BCUT2D eigenvalue weighted by atomic mass is 16.5. The van der Waals surface area contributed by atoms with E-state index in [1.54, 1.807) is 14.2 Å². The van der Waals surface area contributed by atoms with Crippen LogP contribution < -0.4 is 5.73 Å². The Morgan fingerprint density at radius 2 is 1.89 bits per heavy atom. The Kier molecular flexibility index (Phi) is 7.11. The van der Waals surface area contributed by atoms with Crippen molar-refractivity contribution in [1.82, 2.24) is 4.90 Å². The third-order valence-electron chi connectivity index (χ3n) is 4.08. The molecule has 2 atom stereocenters. The highest BCUT2D eigenvalue weighted by molar-refractivity contribution is 4.98. The van der Waals surface area contributed by atoms with Crippen molar-refractivity contribution in [2.24, 2.45) is 11.7 Å². The fourth-order valence-electron chi connectivity index (χ4n) is 2.77. The standard InChI is InChI=1S/C13H28N2O3/c1-12-10-18-7-4-13(12,11-14)15(5-8-16-2)6-9-17-3/h12H,4-11,14H2,1-3H3. The van der Waals surface area contributed by atoms with Gasteiger partial charge in [0, 0.05) is 46.0 Å². The van der Waals surface area contributed by atoms with Gasteiger partial charge in [0.15, 0.2) is 0 Å². The first-order valence-electron chi connectivity index (χ1n) is 6.72. The Morgan fingerprint density at radius 3 is 2.33 bits per heavy atom. The van der Waals surface area contributed by atoms with Crippen molar-refractivity contribution in [3.05, 3.63) is 0 Å². The predicted molar refractivity (Wildman–Crippen MR) is 71.7 cm³/mol. The molecule has 5 nitrogen and oxygen atoms in total. The molecule has 1 aliphatic rings. The summed E-state index contributed by atoms with van der Waals surface area (Å²) in [6.45, 7) is 7.68. The van der Waals surface area contributed by atoms with Gasteiger partial charge in [-0.2, -0.15) is 0 Å². The molecular formula is C13H28N2O3. The van der Waals surface area contributed by atoms with Crippen molar-refractivity contribution in [3.8, 4) is 0 Å². The van der Waals surface area contributed by atoms with Crippen LogP contribution in [-0.4, -0.2) is 70.7 Å². The summed E-state index contributed by atoms with van der Waals surface area (Å²) in [5.74, 6) is 0.435. The van der Waals surface area contributed by atoms with Crippen LogP contribution in [0.1, 0.15) is 13.3 Å². The molecule has 1 rings (SSSR count). The highest BCUT2D eigenvalue weighted by Gasteiger charge is 2.42. The largest absolute Gasteiger partial charge is 0.383 e. The van der Waals surface area contributed by atoms with Crippen molar-refractivity contribution in [2.75, 3.05) is 60.3 Å². The number of methoxy groups -OCH3 is 2. The lowest BCUT2D eigenvalue weighted by molar-refractivity contribution is -0.0767. The molecule has 0 aromatic carbocycles. The van der Waals surface area contributed by atoms with Crippen molar-refractivity contribution in [1.29, 1.82) is 0 Å². The Hall–Kier alpha value is -0.200. The topological polar surface area (TPSA) is 57.0 Å². The number of nitrogens with zero attached hydrogens (tertiary/aromatic N) is 1. The minimum absolute atomic E-state index is 0.0231. The van der Waals surface area contributed by atoms with Crippen LogP contribution in [0, 0.1) is 5.92 Å². The zero-order valence-corrected chi connectivity index (χ0v) is 12.0. The molecule has 5 heteroatoms. The predicted octanol–water partition coefficient (Wildman–Crippen LogP) is 0.335. The molecule has 0 aromatic heterocycles. The zero-order valence-electron chi connectivity index (χ0n) is 12.0. The number of ether oxygens (including phenoxy) is 3. The summed E-state index contributed by atoms with van der Waals surface area (Å²) in [5.41, 5.74) is 6.12. The molecule has 0 radical (unpaired) electrons. The minimum atomic E-state index is 0.0231. The molecule has 0 amide bonds. The molecule has 1 heterocycles. The molecule has 0 saturated carbocycles. The van der Waals surface area contributed by atoms with E-state index in [9.17, 15) is 0 Å². The maximum atomic E-state index is 6.09. The number of hydrogen-bond acceptors (Lipinski definition) is 5. The summed E-state index contributed by atoms with van der Waals surface area (Å²) in [6.07, 6.45) is 0.984. The summed E-state index contributed by atoms with van der Waals surface area (Å²) >= 11 is 0. The lowest BCUT2D eigenvalue weighted by Crippen LogP contribution is -2.62. The van der Waals surface area contributed by atoms with Gasteiger partial charge in [0.2, 0.25) is 0 Å². The van der Waals surface area contributed by atoms with Crippen LogP contribution in [0.4, 0.5) is 0 Å². The fraction of sp³-hybridized carbons (Fsp3) is 1.00. The average molecular weight is 260 g/mol. The molecule has 0 aliphatic carbocycles. The van der Waals surface area contributed by atoms with Gasteiger partial charge in [-0.25, -0.2) is 0 Å². The van der Waals surface area contributed by atoms with Crippen LogP contribution in [0.15, 0.2) is 0 Å². The van der Waals surface area contributed by atoms with Gasteiger partial charge >= 0.3 is 0 Å². The van der Waals surface area contributed by atoms with E-state index < -0.39 is 0 Å². The van der Waals surface area contributed by atoms with E-state index in [0.717, 1.165) is 45.9 Å². The van der Waals surface area contributed by atoms with Crippen molar-refractivity contribution < 1.29 is 14.2 Å². The van der Waals surface area contributed by atoms with Crippen LogP contribution in [0.25, 0.3) is 0 Å². The van der Waals surface area contributed by atoms with Gasteiger partial charge in [0.1, 0.15) is 0 Å². The number of nitrogens with two attached hydrogens (primary N) is 1. The average Bonchev–Trinajstić information content (AvgIpc) is 2.40. The first-order chi connectivity index (χ1) is 8.71. The molecule has 0 spiro atoms. The number of rotatable bonds is 8. The Morgan fingerprint density at radius 1 is 1.28 bits per heavy atom. The van der Waals surface area contributed by atoms with Crippen molar-refractivity contribution in [3.63, 3.8) is 0 Å². The maximum Gasteiger partial charge on any atom is 0.0589 e. The first kappa shape index (κ1) is 15.9. The molecule has 1 fully saturated rings. The van der Waals surface area contributed by atoms with E-state index in [1.165, 1.54) is 0 Å². The molecule has 1 saturated heterocycles. The molecule has 2 unspecified atom stereocenters. The molecule has 2 N–H and O–H groups in total. The van der Waals surface area contributed by atoms with Gasteiger partial charge in [0.05, 0.1) is 19.8 Å². The van der Waals surface area contributed by atoms with E-state index in [1.807, 2.05) is 0 Å². The molecule has 0 aromatic rings. The summed E-state index contributed by atoms with van der Waals surface area (Å²) < 4.78 is 16.0. The SMILES string of the molecule is COCCN(CCOC)C1(CN)CCOCC1C. The lowest BCUT2D eigenvalue weighted by atomic mass is 9.79. The Balaban J connectivity index is 2.75. The highest BCUT2D eigenvalue weighted by Crippen LogP contribution is 2.31. The molecule has 108 valence electrons. The van der Waals surface area contributed by atoms with Crippen LogP contribution in [0.3, 0.4) is 0 Å². The van der Waals surface area contributed by atoms with E-state index in [4.69, 9.17) is 19.9 Å². The van der Waals surface area contributed by atoms with Crippen molar-refractivity contribution in [2.45, 2.75) is 18.9 Å². The normalized spacial score (nSPS) is 28.8. The van der Waals surface area contributed by atoms with Gasteiger partial charge < -0.3 is 19.9 Å². The molecule has 0 bridgehead atoms. The summed E-state index contributed by atoms with van der Waals surface area (Å²) in [4.78, 5) is 2.42. The summed E-state index contributed by atoms with van der Waals surface area (Å²) in [7, 11) is 3.47. The van der Waals surface area contributed by atoms with Gasteiger partial charge in [-0.3, -0.25) is 4.90 Å². The molecule has 1 aliphatic heterocycles. The van der Waals surface area contributed by atoms with Gasteiger partial charge in [-0.05, 0) is 12.3 Å². The Bertz CT molecular complexity index is 220.